The van der Waals surface area contributed by atoms with Crippen LogP contribution < -0.4 is 10.9 Å². The van der Waals surface area contributed by atoms with Crippen molar-refractivity contribution in [2.75, 3.05) is 12.3 Å². The quantitative estimate of drug-likeness (QED) is 0.286. The molecule has 3 rings (SSSR count). The number of nitrogens with zero attached hydrogens (tertiary/aromatic N) is 4. The molecule has 12 heteroatoms. The van der Waals surface area contributed by atoms with Gasteiger partial charge in [-0.3, -0.25) is 4.57 Å². The molecule has 1 aliphatic rings. The highest BCUT2D eigenvalue weighted by Crippen LogP contribution is 2.32. The maximum Gasteiger partial charge on any atom is 0.298 e. The third kappa shape index (κ3) is 2.30. The molecule has 0 aromatic carbocycles. The van der Waals surface area contributed by atoms with E-state index in [4.69, 9.17) is 20.7 Å². The summed E-state index contributed by atoms with van der Waals surface area (Å²) in [5, 5.41) is 34.2. The Balaban J connectivity index is 2.09. The Morgan fingerprint density at radius 1 is 1.36 bits per heavy atom. The van der Waals surface area contributed by atoms with Gasteiger partial charge in [0.15, 0.2) is 17.4 Å². The van der Waals surface area contributed by atoms with Crippen LogP contribution in [-0.2, 0) is 16.1 Å². The number of nitrogens with two attached hydrogens (primary N) is 2. The van der Waals surface area contributed by atoms with Crippen molar-refractivity contribution < 1.29 is 24.6 Å². The largest absolute Gasteiger partial charge is 0.592 e. The van der Waals surface area contributed by atoms with Crippen molar-refractivity contribution >= 4 is 28.5 Å². The van der Waals surface area contributed by atoms with Crippen LogP contribution in [0.1, 0.15) is 6.23 Å². The molecule has 7 N–H and O–H groups in total. The van der Waals surface area contributed by atoms with E-state index in [0.29, 0.717) is 0 Å². The summed E-state index contributed by atoms with van der Waals surface area (Å²) in [6.07, 6.45) is -3.28. The van der Waals surface area contributed by atoms with E-state index in [-0.39, 0.29) is 22.1 Å². The minimum Gasteiger partial charge on any atom is -0.592 e. The number of nitrogen functional groups attached to an aromatic ring is 1. The second kappa shape index (κ2) is 5.58. The zero-order valence-corrected chi connectivity index (χ0v) is 11.9. The lowest BCUT2D eigenvalue weighted by Crippen LogP contribution is -2.33. The number of aliphatic hydroxyl groups excluding tert-OH is 3. The van der Waals surface area contributed by atoms with E-state index in [1.54, 1.807) is 0 Å². The molecule has 3 heterocycles. The number of hydrogen-bond acceptors (Lipinski definition) is 10. The van der Waals surface area contributed by atoms with Gasteiger partial charge in [-0.05, 0) is 0 Å². The summed E-state index contributed by atoms with van der Waals surface area (Å²) in [6, 6.07) is 0. The van der Waals surface area contributed by atoms with Gasteiger partial charge in [0.2, 0.25) is 5.95 Å². The lowest BCUT2D eigenvalue weighted by Gasteiger charge is -2.16. The van der Waals surface area contributed by atoms with Crippen LogP contribution in [0, 0.1) is 0 Å². The van der Waals surface area contributed by atoms with Crippen molar-refractivity contribution in [3.63, 3.8) is 0 Å². The molecule has 11 nitrogen and oxygen atoms in total. The molecular formula is C10H14N6O5S. The van der Waals surface area contributed by atoms with E-state index in [9.17, 15) is 14.8 Å². The van der Waals surface area contributed by atoms with Crippen LogP contribution in [-0.4, -0.2) is 64.3 Å². The second-order valence-electron chi connectivity index (χ2n) is 4.74. The molecule has 0 amide bonds. The SMILES string of the molecule is Nc1nc([S+](N)[O-])c2ncn([C@@H]3O[C@H](CO)[C@@H](O)[C@@H]3O)c2n1. The molecule has 1 saturated heterocycles. The smallest absolute Gasteiger partial charge is 0.298 e. The zero-order valence-electron chi connectivity index (χ0n) is 11.1. The Hall–Kier alpha value is -1.54. The van der Waals surface area contributed by atoms with Crippen molar-refractivity contribution in [3.05, 3.63) is 6.33 Å². The topological polar surface area (TPSA) is 189 Å². The zero-order chi connectivity index (χ0) is 16.0. The van der Waals surface area contributed by atoms with Crippen LogP contribution in [0.15, 0.2) is 11.4 Å². The Morgan fingerprint density at radius 2 is 2.09 bits per heavy atom. The molecule has 1 fully saturated rings. The molecule has 0 radical (unpaired) electrons. The summed E-state index contributed by atoms with van der Waals surface area (Å²) >= 11 is -1.93. The Kier molecular flexibility index (Phi) is 3.90. The van der Waals surface area contributed by atoms with E-state index >= 15 is 0 Å². The van der Waals surface area contributed by atoms with E-state index in [0.717, 1.165) is 0 Å². The molecule has 120 valence electrons. The number of rotatable bonds is 3. The van der Waals surface area contributed by atoms with Gasteiger partial charge in [0.25, 0.3) is 5.03 Å². The minimum absolute atomic E-state index is 0.0482. The lowest BCUT2D eigenvalue weighted by molar-refractivity contribution is -0.0511. The first-order valence-corrected chi connectivity index (χ1v) is 7.44. The molecular weight excluding hydrogens is 316 g/mol. The maximum atomic E-state index is 11.5. The number of hydrogen-bond donors (Lipinski definition) is 5. The summed E-state index contributed by atoms with van der Waals surface area (Å²) in [6.45, 7) is -0.462. The maximum absolute atomic E-state index is 11.5. The molecule has 1 unspecified atom stereocenters. The van der Waals surface area contributed by atoms with Gasteiger partial charge in [-0.1, -0.05) is 0 Å². The highest BCUT2D eigenvalue weighted by atomic mass is 32.2. The summed E-state index contributed by atoms with van der Waals surface area (Å²) in [7, 11) is 0. The minimum atomic E-state index is -1.93. The number of fused-ring (bicyclic) bond motifs is 1. The van der Waals surface area contributed by atoms with Crippen LogP contribution in [0.3, 0.4) is 0 Å². The molecule has 22 heavy (non-hydrogen) atoms. The average Bonchev–Trinajstić information content (AvgIpc) is 3.00. The van der Waals surface area contributed by atoms with Crippen LogP contribution in [0.2, 0.25) is 0 Å². The standard InChI is InChI=1S/C10H14N6O5S/c11-10-14-7-4(8(15-10)22(12)20)13-2-16(7)9-6(19)5(18)3(1-17)21-9/h2-3,5-6,9,17-19H,1,12H2,(H2,11,14,15)/t3-,5-,6+,9-,22?/m1/s1. The van der Waals surface area contributed by atoms with Gasteiger partial charge in [-0.25, -0.2) is 4.98 Å². The van der Waals surface area contributed by atoms with Crippen LogP contribution in [0.25, 0.3) is 11.2 Å². The summed E-state index contributed by atoms with van der Waals surface area (Å²) in [5.74, 6) is -0.171. The van der Waals surface area contributed by atoms with Gasteiger partial charge >= 0.3 is 0 Å². The highest BCUT2D eigenvalue weighted by molar-refractivity contribution is 7.89. The Labute approximate surface area is 126 Å². The summed E-state index contributed by atoms with van der Waals surface area (Å²) < 4.78 is 18.2. The Morgan fingerprint density at radius 3 is 2.68 bits per heavy atom. The van der Waals surface area contributed by atoms with E-state index < -0.39 is 42.5 Å². The molecule has 1 aliphatic heterocycles. The third-order valence-electron chi connectivity index (χ3n) is 3.39. The van der Waals surface area contributed by atoms with E-state index in [2.05, 4.69) is 15.0 Å². The van der Waals surface area contributed by atoms with Crippen LogP contribution in [0.5, 0.6) is 0 Å². The first kappa shape index (κ1) is 15.4. The summed E-state index contributed by atoms with van der Waals surface area (Å²) in [4.78, 5) is 11.8. The number of anilines is 1. The van der Waals surface area contributed by atoms with E-state index in [1.807, 2.05) is 0 Å². The monoisotopic (exact) mass is 330 g/mol. The van der Waals surface area contributed by atoms with E-state index in [1.165, 1.54) is 10.9 Å². The molecule has 0 saturated carbocycles. The molecule has 2 aromatic rings. The van der Waals surface area contributed by atoms with Crippen molar-refractivity contribution in [3.8, 4) is 0 Å². The van der Waals surface area contributed by atoms with Gasteiger partial charge in [-0.2, -0.15) is 9.97 Å². The predicted molar refractivity (Wildman–Crippen MR) is 73.3 cm³/mol. The molecule has 2 aromatic heterocycles. The first-order chi connectivity index (χ1) is 10.4. The fourth-order valence-corrected chi connectivity index (χ4v) is 2.86. The average molecular weight is 330 g/mol. The van der Waals surface area contributed by atoms with Crippen molar-refractivity contribution in [2.45, 2.75) is 29.6 Å². The lowest BCUT2D eigenvalue weighted by atomic mass is 10.1. The van der Waals surface area contributed by atoms with Crippen LogP contribution in [0.4, 0.5) is 5.95 Å². The predicted octanol–water partition coefficient (Wildman–Crippen LogP) is -3.00. The van der Waals surface area contributed by atoms with Gasteiger partial charge in [0.1, 0.15) is 18.3 Å². The molecule has 0 aliphatic carbocycles. The van der Waals surface area contributed by atoms with Crippen molar-refractivity contribution in [1.82, 2.24) is 19.5 Å². The number of aliphatic hydroxyl groups is 3. The van der Waals surface area contributed by atoms with Crippen LogP contribution >= 0.6 is 0 Å². The van der Waals surface area contributed by atoms with Crippen molar-refractivity contribution in [2.24, 2.45) is 5.14 Å². The molecule has 0 spiro atoms. The fraction of sp³-hybridized carbons (Fsp3) is 0.500. The summed E-state index contributed by atoms with van der Waals surface area (Å²) in [5.41, 5.74) is 5.85. The fourth-order valence-electron chi connectivity index (χ4n) is 2.34. The highest BCUT2D eigenvalue weighted by Gasteiger charge is 2.44. The number of aromatic nitrogens is 4. The van der Waals surface area contributed by atoms with Gasteiger partial charge in [-0.15, -0.1) is 5.14 Å². The van der Waals surface area contributed by atoms with Crippen molar-refractivity contribution in [1.29, 1.82) is 0 Å². The molecule has 0 bridgehead atoms. The second-order valence-corrected chi connectivity index (χ2v) is 5.72. The van der Waals surface area contributed by atoms with Gasteiger partial charge < -0.3 is 30.3 Å². The van der Waals surface area contributed by atoms with Gasteiger partial charge in [0, 0.05) is 0 Å². The first-order valence-electron chi connectivity index (χ1n) is 6.22. The third-order valence-corrected chi connectivity index (χ3v) is 4.05. The number of ether oxygens (including phenoxy) is 1. The van der Waals surface area contributed by atoms with Gasteiger partial charge in [0.05, 0.1) is 24.3 Å². The number of imidazole rings is 1. The molecule has 5 atom stereocenters. The Bertz CT molecular complexity index is 696. The normalized spacial score (nSPS) is 30.0.